The summed E-state index contributed by atoms with van der Waals surface area (Å²) in [6.45, 7) is 4.24. The van der Waals surface area contributed by atoms with Gasteiger partial charge in [-0.1, -0.05) is 44.2 Å². The van der Waals surface area contributed by atoms with E-state index in [4.69, 9.17) is 4.74 Å². The number of aromatic nitrogens is 2. The Bertz CT molecular complexity index is 933. The van der Waals surface area contributed by atoms with Gasteiger partial charge in [0.05, 0.1) is 25.2 Å². The van der Waals surface area contributed by atoms with Crippen molar-refractivity contribution in [2.24, 2.45) is 0 Å². The lowest BCUT2D eigenvalue weighted by Crippen LogP contribution is -2.15. The quantitative estimate of drug-likeness (QED) is 0.630. The lowest BCUT2D eigenvalue weighted by atomic mass is 10.0. The van der Waals surface area contributed by atoms with Gasteiger partial charge in [0, 0.05) is 5.69 Å². The molecule has 1 aromatic heterocycles. The van der Waals surface area contributed by atoms with Crippen molar-refractivity contribution in [1.29, 1.82) is 0 Å². The molecule has 1 heterocycles. The number of methoxy groups -OCH3 is 1. The van der Waals surface area contributed by atoms with Crippen molar-refractivity contribution in [3.8, 4) is 5.75 Å². The van der Waals surface area contributed by atoms with Crippen LogP contribution in [0.3, 0.4) is 0 Å². The zero-order valence-corrected chi connectivity index (χ0v) is 16.3. The summed E-state index contributed by atoms with van der Waals surface area (Å²) < 4.78 is 5.25. The first-order valence-electron chi connectivity index (χ1n) is 9.30. The fourth-order valence-corrected chi connectivity index (χ4v) is 2.98. The van der Waals surface area contributed by atoms with Gasteiger partial charge in [0.2, 0.25) is 0 Å². The number of carbonyl (C=O) groups excluding carboxylic acids is 1. The van der Waals surface area contributed by atoms with Crippen LogP contribution in [-0.2, 0) is 12.8 Å². The van der Waals surface area contributed by atoms with E-state index in [1.54, 1.807) is 25.4 Å². The van der Waals surface area contributed by atoms with Crippen molar-refractivity contribution >= 4 is 23.1 Å². The minimum absolute atomic E-state index is 0.232. The number of benzene rings is 2. The van der Waals surface area contributed by atoms with Crippen molar-refractivity contribution in [3.05, 3.63) is 71.7 Å². The molecule has 1 amide bonds. The second kappa shape index (κ2) is 8.99. The number of para-hydroxylation sites is 3. The Kier molecular flexibility index (Phi) is 6.22. The van der Waals surface area contributed by atoms with Crippen molar-refractivity contribution in [2.45, 2.75) is 26.7 Å². The molecule has 3 aromatic rings. The lowest BCUT2D eigenvalue weighted by Gasteiger charge is -2.15. The Morgan fingerprint density at radius 1 is 0.964 bits per heavy atom. The topological polar surface area (TPSA) is 76.1 Å². The number of nitrogens with zero attached hydrogens (tertiary/aromatic N) is 2. The highest BCUT2D eigenvalue weighted by Crippen LogP contribution is 2.26. The van der Waals surface area contributed by atoms with Gasteiger partial charge in [0.1, 0.15) is 17.3 Å². The number of hydrogen-bond acceptors (Lipinski definition) is 5. The van der Waals surface area contributed by atoms with E-state index in [9.17, 15) is 4.79 Å². The summed E-state index contributed by atoms with van der Waals surface area (Å²) in [4.78, 5) is 21.1. The molecule has 0 atom stereocenters. The SMILES string of the molecule is CCc1cccc(CC)c1Nc1cnc(C(=O)Nc2ccccc2OC)cn1. The normalized spacial score (nSPS) is 10.4. The molecule has 0 aliphatic heterocycles. The number of aryl methyl sites for hydroxylation is 2. The molecule has 0 saturated carbocycles. The third-order valence-corrected chi connectivity index (χ3v) is 4.49. The second-order valence-electron chi connectivity index (χ2n) is 6.22. The fraction of sp³-hybridized carbons (Fsp3) is 0.227. The van der Waals surface area contributed by atoms with Crippen LogP contribution < -0.4 is 15.4 Å². The fourth-order valence-electron chi connectivity index (χ4n) is 2.98. The maximum atomic E-state index is 12.5. The summed E-state index contributed by atoms with van der Waals surface area (Å²) in [6, 6.07) is 13.5. The Labute approximate surface area is 165 Å². The Morgan fingerprint density at radius 3 is 2.29 bits per heavy atom. The van der Waals surface area contributed by atoms with E-state index in [1.807, 2.05) is 12.1 Å². The van der Waals surface area contributed by atoms with Crippen molar-refractivity contribution in [2.75, 3.05) is 17.7 Å². The van der Waals surface area contributed by atoms with Gasteiger partial charge in [-0.15, -0.1) is 0 Å². The van der Waals surface area contributed by atoms with Gasteiger partial charge in [-0.05, 0) is 36.1 Å². The van der Waals surface area contributed by atoms with Gasteiger partial charge in [0.25, 0.3) is 5.91 Å². The summed E-state index contributed by atoms with van der Waals surface area (Å²) in [7, 11) is 1.56. The molecule has 0 unspecified atom stereocenters. The Balaban J connectivity index is 1.76. The average Bonchev–Trinajstić information content (AvgIpc) is 2.74. The molecule has 0 aliphatic rings. The minimum atomic E-state index is -0.341. The van der Waals surface area contributed by atoms with Gasteiger partial charge >= 0.3 is 0 Å². The highest BCUT2D eigenvalue weighted by atomic mass is 16.5. The molecule has 6 heteroatoms. The zero-order valence-electron chi connectivity index (χ0n) is 16.3. The largest absolute Gasteiger partial charge is 0.495 e. The predicted molar refractivity (Wildman–Crippen MR) is 111 cm³/mol. The minimum Gasteiger partial charge on any atom is -0.495 e. The molecule has 0 spiro atoms. The first kappa shape index (κ1) is 19.4. The zero-order chi connectivity index (χ0) is 19.9. The summed E-state index contributed by atoms with van der Waals surface area (Å²) in [5, 5.41) is 6.15. The van der Waals surface area contributed by atoms with E-state index in [0.717, 1.165) is 18.5 Å². The maximum absolute atomic E-state index is 12.5. The van der Waals surface area contributed by atoms with Crippen molar-refractivity contribution < 1.29 is 9.53 Å². The standard InChI is InChI=1S/C22H24N4O2/c1-4-15-9-8-10-16(5-2)21(15)26-20-14-23-18(13-24-20)22(27)25-17-11-6-7-12-19(17)28-3/h6-14H,4-5H2,1-3H3,(H,24,26)(H,25,27). The molecule has 144 valence electrons. The monoisotopic (exact) mass is 376 g/mol. The van der Waals surface area contributed by atoms with E-state index in [1.165, 1.54) is 17.3 Å². The molecule has 0 aliphatic carbocycles. The summed E-state index contributed by atoms with van der Waals surface area (Å²) in [5.74, 6) is 0.849. The summed E-state index contributed by atoms with van der Waals surface area (Å²) >= 11 is 0. The molecular weight excluding hydrogens is 352 g/mol. The summed E-state index contributed by atoms with van der Waals surface area (Å²) in [5.41, 5.74) is 4.32. The highest BCUT2D eigenvalue weighted by molar-refractivity contribution is 6.03. The number of rotatable bonds is 7. The van der Waals surface area contributed by atoms with Crippen LogP contribution in [0.15, 0.2) is 54.9 Å². The Morgan fingerprint density at radius 2 is 1.68 bits per heavy atom. The molecule has 6 nitrogen and oxygen atoms in total. The van der Waals surface area contributed by atoms with E-state index >= 15 is 0 Å². The van der Waals surface area contributed by atoms with Crippen LogP contribution in [0, 0.1) is 0 Å². The maximum Gasteiger partial charge on any atom is 0.275 e. The third kappa shape index (κ3) is 4.28. The van der Waals surface area contributed by atoms with Crippen LogP contribution in [0.5, 0.6) is 5.75 Å². The smallest absolute Gasteiger partial charge is 0.275 e. The first-order chi connectivity index (χ1) is 13.7. The van der Waals surface area contributed by atoms with E-state index in [-0.39, 0.29) is 11.6 Å². The number of anilines is 3. The molecular formula is C22H24N4O2. The van der Waals surface area contributed by atoms with Gasteiger partial charge in [0.15, 0.2) is 0 Å². The molecule has 0 fully saturated rings. The van der Waals surface area contributed by atoms with Gasteiger partial charge in [-0.2, -0.15) is 0 Å². The molecule has 0 bridgehead atoms. The molecule has 3 rings (SSSR count). The van der Waals surface area contributed by atoms with Gasteiger partial charge in [-0.25, -0.2) is 9.97 Å². The van der Waals surface area contributed by atoms with Crippen molar-refractivity contribution in [3.63, 3.8) is 0 Å². The third-order valence-electron chi connectivity index (χ3n) is 4.49. The van der Waals surface area contributed by atoms with E-state index in [0.29, 0.717) is 17.3 Å². The summed E-state index contributed by atoms with van der Waals surface area (Å²) in [6.07, 6.45) is 4.88. The van der Waals surface area contributed by atoms with Crippen molar-refractivity contribution in [1.82, 2.24) is 9.97 Å². The molecule has 2 aromatic carbocycles. The van der Waals surface area contributed by atoms with Gasteiger partial charge in [-0.3, -0.25) is 4.79 Å². The number of carbonyl (C=O) groups is 1. The number of ether oxygens (including phenoxy) is 1. The van der Waals surface area contributed by atoms with Crippen LogP contribution in [0.2, 0.25) is 0 Å². The van der Waals surface area contributed by atoms with E-state index < -0.39 is 0 Å². The predicted octanol–water partition coefficient (Wildman–Crippen LogP) is 4.61. The van der Waals surface area contributed by atoms with Crippen LogP contribution in [0.4, 0.5) is 17.2 Å². The lowest BCUT2D eigenvalue weighted by molar-refractivity contribution is 0.102. The number of hydrogen-bond donors (Lipinski definition) is 2. The molecule has 28 heavy (non-hydrogen) atoms. The van der Waals surface area contributed by atoms with E-state index in [2.05, 4.69) is 52.6 Å². The average molecular weight is 376 g/mol. The second-order valence-corrected chi connectivity index (χ2v) is 6.22. The van der Waals surface area contributed by atoms with Gasteiger partial charge < -0.3 is 15.4 Å². The molecule has 2 N–H and O–H groups in total. The number of amides is 1. The Hall–Kier alpha value is -3.41. The van der Waals surface area contributed by atoms with Crippen LogP contribution in [0.1, 0.15) is 35.5 Å². The van der Waals surface area contributed by atoms with Crippen LogP contribution in [-0.4, -0.2) is 23.0 Å². The molecule has 0 radical (unpaired) electrons. The van der Waals surface area contributed by atoms with Crippen LogP contribution >= 0.6 is 0 Å². The number of nitrogens with one attached hydrogen (secondary N) is 2. The van der Waals surface area contributed by atoms with Crippen LogP contribution in [0.25, 0.3) is 0 Å². The molecule has 0 saturated heterocycles. The highest BCUT2D eigenvalue weighted by Gasteiger charge is 2.12. The first-order valence-corrected chi connectivity index (χ1v) is 9.30.